The third kappa shape index (κ3) is 3.24. The lowest BCUT2D eigenvalue weighted by atomic mass is 9.84. The topological polar surface area (TPSA) is 9.23 Å². The van der Waals surface area contributed by atoms with Crippen LogP contribution in [0.4, 0.5) is 0 Å². The van der Waals surface area contributed by atoms with Gasteiger partial charge in [0.15, 0.2) is 0 Å². The molecular formula is C14H19BrO. The average Bonchev–Trinajstić information content (AvgIpc) is 2.38. The lowest BCUT2D eigenvalue weighted by molar-refractivity contribution is 0.343. The van der Waals surface area contributed by atoms with Gasteiger partial charge in [0, 0.05) is 5.33 Å². The number of ether oxygens (including phenoxy) is 1. The van der Waals surface area contributed by atoms with Crippen molar-refractivity contribution in [1.29, 1.82) is 0 Å². The van der Waals surface area contributed by atoms with Crippen LogP contribution in [0.5, 0.6) is 5.75 Å². The average molecular weight is 283 g/mol. The van der Waals surface area contributed by atoms with Gasteiger partial charge >= 0.3 is 0 Å². The van der Waals surface area contributed by atoms with E-state index in [2.05, 4.69) is 40.2 Å². The van der Waals surface area contributed by atoms with Gasteiger partial charge in [-0.1, -0.05) is 47.3 Å². The van der Waals surface area contributed by atoms with E-state index in [1.165, 1.54) is 37.7 Å². The van der Waals surface area contributed by atoms with Gasteiger partial charge in [-0.05, 0) is 36.5 Å². The van der Waals surface area contributed by atoms with Crippen LogP contribution in [0.1, 0.15) is 43.6 Å². The van der Waals surface area contributed by atoms with Crippen LogP contribution in [-0.2, 0) is 0 Å². The molecule has 88 valence electrons. The van der Waals surface area contributed by atoms with E-state index >= 15 is 0 Å². The van der Waals surface area contributed by atoms with Crippen molar-refractivity contribution in [3.63, 3.8) is 0 Å². The summed E-state index contributed by atoms with van der Waals surface area (Å²) in [5, 5.41) is 0.890. The fraction of sp³-hybridized carbons (Fsp3) is 0.571. The highest BCUT2D eigenvalue weighted by atomic mass is 79.9. The summed E-state index contributed by atoms with van der Waals surface area (Å²) >= 11 is 3.38. The van der Waals surface area contributed by atoms with Crippen LogP contribution < -0.4 is 4.74 Å². The highest BCUT2D eigenvalue weighted by molar-refractivity contribution is 9.09. The lowest BCUT2D eigenvalue weighted by Gasteiger charge is -2.22. The van der Waals surface area contributed by atoms with Gasteiger partial charge in [-0.25, -0.2) is 0 Å². The molecular weight excluding hydrogens is 264 g/mol. The van der Waals surface area contributed by atoms with Crippen LogP contribution in [0.3, 0.4) is 0 Å². The zero-order valence-electron chi connectivity index (χ0n) is 9.62. The number of hydrogen-bond donors (Lipinski definition) is 0. The largest absolute Gasteiger partial charge is 0.493 e. The summed E-state index contributed by atoms with van der Waals surface area (Å²) < 4.78 is 5.64. The molecule has 0 heterocycles. The van der Waals surface area contributed by atoms with E-state index in [-0.39, 0.29) is 0 Å². The molecule has 1 aromatic carbocycles. The van der Waals surface area contributed by atoms with E-state index in [4.69, 9.17) is 4.74 Å². The van der Waals surface area contributed by atoms with Crippen molar-refractivity contribution in [2.24, 2.45) is 0 Å². The fourth-order valence-electron chi connectivity index (χ4n) is 2.45. The van der Waals surface area contributed by atoms with Crippen LogP contribution >= 0.6 is 15.9 Å². The van der Waals surface area contributed by atoms with Gasteiger partial charge in [-0.15, -0.1) is 0 Å². The fourth-order valence-corrected chi connectivity index (χ4v) is 2.61. The van der Waals surface area contributed by atoms with Gasteiger partial charge < -0.3 is 4.74 Å². The van der Waals surface area contributed by atoms with Crippen LogP contribution in [-0.4, -0.2) is 11.9 Å². The second kappa shape index (κ2) is 6.29. The summed E-state index contributed by atoms with van der Waals surface area (Å²) in [6, 6.07) is 8.64. The monoisotopic (exact) mass is 282 g/mol. The standard InChI is InChI=1S/C14H19BrO/c15-9-10-16-14-8-4-7-13(11-14)12-5-2-1-3-6-12/h4,7-8,11-12H,1-3,5-6,9-10H2. The zero-order chi connectivity index (χ0) is 11.2. The molecule has 1 aliphatic carbocycles. The number of rotatable bonds is 4. The van der Waals surface area contributed by atoms with Crippen molar-refractivity contribution in [2.45, 2.75) is 38.0 Å². The number of benzene rings is 1. The highest BCUT2D eigenvalue weighted by Gasteiger charge is 2.15. The second-order valence-electron chi connectivity index (χ2n) is 4.44. The molecule has 16 heavy (non-hydrogen) atoms. The molecule has 0 spiro atoms. The van der Waals surface area contributed by atoms with Gasteiger partial charge in [-0.3, -0.25) is 0 Å². The summed E-state index contributed by atoms with van der Waals surface area (Å²) in [6.45, 7) is 0.744. The molecule has 0 unspecified atom stereocenters. The van der Waals surface area contributed by atoms with Crippen molar-refractivity contribution in [1.82, 2.24) is 0 Å². The minimum Gasteiger partial charge on any atom is -0.493 e. The quantitative estimate of drug-likeness (QED) is 0.739. The molecule has 0 amide bonds. The Kier molecular flexibility index (Phi) is 4.70. The first-order valence-corrected chi connectivity index (χ1v) is 7.31. The van der Waals surface area contributed by atoms with E-state index in [1.807, 2.05) is 0 Å². The summed E-state index contributed by atoms with van der Waals surface area (Å²) in [4.78, 5) is 0. The molecule has 0 atom stereocenters. The second-order valence-corrected chi connectivity index (χ2v) is 5.24. The first-order chi connectivity index (χ1) is 7.90. The molecule has 2 rings (SSSR count). The van der Waals surface area contributed by atoms with Gasteiger partial charge in [0.25, 0.3) is 0 Å². The van der Waals surface area contributed by atoms with E-state index in [9.17, 15) is 0 Å². The van der Waals surface area contributed by atoms with Crippen LogP contribution in [0.25, 0.3) is 0 Å². The van der Waals surface area contributed by atoms with Crippen molar-refractivity contribution < 1.29 is 4.74 Å². The Morgan fingerprint density at radius 1 is 1.19 bits per heavy atom. The van der Waals surface area contributed by atoms with Gasteiger partial charge in [0.1, 0.15) is 5.75 Å². The Morgan fingerprint density at radius 3 is 2.75 bits per heavy atom. The number of alkyl halides is 1. The van der Waals surface area contributed by atoms with Gasteiger partial charge in [-0.2, -0.15) is 0 Å². The smallest absolute Gasteiger partial charge is 0.119 e. The van der Waals surface area contributed by atoms with E-state index in [0.717, 1.165) is 23.6 Å². The third-order valence-electron chi connectivity index (χ3n) is 3.28. The van der Waals surface area contributed by atoms with Crippen molar-refractivity contribution >= 4 is 15.9 Å². The normalized spacial score (nSPS) is 17.3. The maximum Gasteiger partial charge on any atom is 0.119 e. The third-order valence-corrected chi connectivity index (χ3v) is 3.60. The predicted molar refractivity (Wildman–Crippen MR) is 71.6 cm³/mol. The Hall–Kier alpha value is -0.500. The molecule has 1 nitrogen and oxygen atoms in total. The summed E-state index contributed by atoms with van der Waals surface area (Å²) in [5.74, 6) is 1.78. The Morgan fingerprint density at radius 2 is 2.00 bits per heavy atom. The van der Waals surface area contributed by atoms with E-state index in [0.29, 0.717) is 0 Å². The maximum atomic E-state index is 5.64. The SMILES string of the molecule is BrCCOc1cccc(C2CCCCC2)c1. The van der Waals surface area contributed by atoms with Crippen LogP contribution in [0.15, 0.2) is 24.3 Å². The molecule has 1 fully saturated rings. The molecule has 1 saturated carbocycles. The van der Waals surface area contributed by atoms with Gasteiger partial charge in [0.05, 0.1) is 6.61 Å². The Balaban J connectivity index is 2.02. The minimum atomic E-state index is 0.744. The van der Waals surface area contributed by atoms with Crippen molar-refractivity contribution in [2.75, 3.05) is 11.9 Å². The molecule has 1 aromatic rings. The zero-order valence-corrected chi connectivity index (χ0v) is 11.2. The minimum absolute atomic E-state index is 0.744. The molecule has 2 heteroatoms. The lowest BCUT2D eigenvalue weighted by Crippen LogP contribution is -2.05. The molecule has 0 bridgehead atoms. The van der Waals surface area contributed by atoms with Gasteiger partial charge in [0.2, 0.25) is 0 Å². The van der Waals surface area contributed by atoms with E-state index < -0.39 is 0 Å². The molecule has 0 saturated heterocycles. The number of halogens is 1. The highest BCUT2D eigenvalue weighted by Crippen LogP contribution is 2.33. The summed E-state index contributed by atoms with van der Waals surface area (Å²) in [7, 11) is 0. The molecule has 0 aliphatic heterocycles. The Labute approximate surface area is 106 Å². The molecule has 1 aliphatic rings. The molecule has 0 aromatic heterocycles. The first kappa shape index (κ1) is 12.0. The summed E-state index contributed by atoms with van der Waals surface area (Å²) in [5.41, 5.74) is 1.46. The maximum absolute atomic E-state index is 5.64. The molecule has 0 radical (unpaired) electrons. The molecule has 0 N–H and O–H groups in total. The van der Waals surface area contributed by atoms with Crippen molar-refractivity contribution in [3.8, 4) is 5.75 Å². The van der Waals surface area contributed by atoms with Crippen LogP contribution in [0.2, 0.25) is 0 Å². The number of hydrogen-bond acceptors (Lipinski definition) is 1. The first-order valence-electron chi connectivity index (χ1n) is 6.19. The predicted octanol–water partition coefficient (Wildman–Crippen LogP) is 4.51. The summed E-state index contributed by atoms with van der Waals surface area (Å²) in [6.07, 6.45) is 6.88. The Bertz CT molecular complexity index is 318. The van der Waals surface area contributed by atoms with E-state index in [1.54, 1.807) is 0 Å². The van der Waals surface area contributed by atoms with Crippen molar-refractivity contribution in [3.05, 3.63) is 29.8 Å². The van der Waals surface area contributed by atoms with Crippen LogP contribution in [0, 0.1) is 0 Å².